The fourth-order valence-corrected chi connectivity index (χ4v) is 1.72. The molecule has 1 rings (SSSR count). The molecule has 1 heterocycles. The Morgan fingerprint density at radius 1 is 1.15 bits per heavy atom. The molecule has 116 valence electrons. The van der Waals surface area contributed by atoms with E-state index in [4.69, 9.17) is 4.74 Å². The number of alkyl carbamates (subject to hydrolysis) is 1. The van der Waals surface area contributed by atoms with Gasteiger partial charge in [-0.15, -0.1) is 0 Å². The average Bonchev–Trinajstić information content (AvgIpc) is 2.29. The normalized spacial score (nSPS) is 19.2. The Labute approximate surface area is 120 Å². The third-order valence-corrected chi connectivity index (χ3v) is 2.90. The second-order valence-electron chi connectivity index (χ2n) is 6.13. The molecular formula is C13H26N4O3. The number of carbonyl (C=O) groups is 2. The van der Waals surface area contributed by atoms with E-state index in [9.17, 15) is 9.59 Å². The van der Waals surface area contributed by atoms with Gasteiger partial charge in [0.2, 0.25) is 0 Å². The van der Waals surface area contributed by atoms with Gasteiger partial charge in [-0.1, -0.05) is 0 Å². The molecule has 1 fully saturated rings. The molecule has 1 aliphatic heterocycles. The predicted molar refractivity (Wildman–Crippen MR) is 76.0 cm³/mol. The Kier molecular flexibility index (Phi) is 5.76. The lowest BCUT2D eigenvalue weighted by Gasteiger charge is -2.33. The summed E-state index contributed by atoms with van der Waals surface area (Å²) in [6, 6.07) is -0.635. The van der Waals surface area contributed by atoms with Crippen molar-refractivity contribution in [1.29, 1.82) is 0 Å². The van der Waals surface area contributed by atoms with Crippen LogP contribution < -0.4 is 10.7 Å². The second-order valence-corrected chi connectivity index (χ2v) is 6.13. The largest absolute Gasteiger partial charge is 0.444 e. The summed E-state index contributed by atoms with van der Waals surface area (Å²) in [5, 5.41) is 4.39. The zero-order valence-corrected chi connectivity index (χ0v) is 13.0. The number of likely N-dealkylation sites (N-methyl/N-ethyl adjacent to an activating group) is 1. The van der Waals surface area contributed by atoms with Gasteiger partial charge in [0.25, 0.3) is 5.91 Å². The van der Waals surface area contributed by atoms with Crippen molar-refractivity contribution in [2.75, 3.05) is 33.2 Å². The van der Waals surface area contributed by atoms with Crippen molar-refractivity contribution in [3.05, 3.63) is 0 Å². The zero-order valence-electron chi connectivity index (χ0n) is 13.0. The van der Waals surface area contributed by atoms with Gasteiger partial charge in [0.15, 0.2) is 0 Å². The Morgan fingerprint density at radius 3 is 2.20 bits per heavy atom. The van der Waals surface area contributed by atoms with E-state index in [2.05, 4.69) is 15.6 Å². The van der Waals surface area contributed by atoms with Gasteiger partial charge in [-0.2, -0.15) is 0 Å². The lowest BCUT2D eigenvalue weighted by atomic mass is 10.2. The summed E-state index contributed by atoms with van der Waals surface area (Å²) < 4.78 is 5.11. The smallest absolute Gasteiger partial charge is 0.408 e. The monoisotopic (exact) mass is 286 g/mol. The number of carbonyl (C=O) groups excluding carboxylic acids is 2. The summed E-state index contributed by atoms with van der Waals surface area (Å²) in [4.78, 5) is 25.7. The van der Waals surface area contributed by atoms with Crippen LogP contribution in [0.4, 0.5) is 4.79 Å². The molecule has 2 N–H and O–H groups in total. The van der Waals surface area contributed by atoms with Gasteiger partial charge in [-0.05, 0) is 34.7 Å². The van der Waals surface area contributed by atoms with Gasteiger partial charge in [0, 0.05) is 26.2 Å². The van der Waals surface area contributed by atoms with Crippen LogP contribution >= 0.6 is 0 Å². The van der Waals surface area contributed by atoms with Crippen LogP contribution in [0.1, 0.15) is 27.7 Å². The number of piperazine rings is 1. The topological polar surface area (TPSA) is 73.9 Å². The molecule has 7 nitrogen and oxygen atoms in total. The Balaban J connectivity index is 2.34. The van der Waals surface area contributed by atoms with E-state index in [0.717, 1.165) is 26.2 Å². The van der Waals surface area contributed by atoms with E-state index in [1.807, 2.05) is 12.1 Å². The maximum absolute atomic E-state index is 12.0. The zero-order chi connectivity index (χ0) is 15.3. The summed E-state index contributed by atoms with van der Waals surface area (Å²) in [5.74, 6) is -0.236. The van der Waals surface area contributed by atoms with Crippen LogP contribution in [0.15, 0.2) is 0 Å². The van der Waals surface area contributed by atoms with Crippen molar-refractivity contribution in [2.24, 2.45) is 0 Å². The number of hydrogen-bond donors (Lipinski definition) is 2. The third-order valence-electron chi connectivity index (χ3n) is 2.90. The van der Waals surface area contributed by atoms with Crippen LogP contribution in [0.25, 0.3) is 0 Å². The third kappa shape index (κ3) is 6.21. The Bertz CT molecular complexity index is 346. The summed E-state index contributed by atoms with van der Waals surface area (Å²) in [6.45, 7) is 10.4. The first-order chi connectivity index (χ1) is 9.17. The number of hydrazine groups is 1. The first-order valence-corrected chi connectivity index (χ1v) is 6.91. The van der Waals surface area contributed by atoms with Crippen molar-refractivity contribution >= 4 is 12.0 Å². The molecule has 0 saturated carbocycles. The van der Waals surface area contributed by atoms with Gasteiger partial charge in [-0.25, -0.2) is 9.80 Å². The molecule has 1 saturated heterocycles. The van der Waals surface area contributed by atoms with Crippen LogP contribution in [0.3, 0.4) is 0 Å². The molecule has 1 atom stereocenters. The predicted octanol–water partition coefficient (Wildman–Crippen LogP) is 0.178. The molecule has 0 aromatic rings. The number of hydrogen-bond acceptors (Lipinski definition) is 5. The molecular weight excluding hydrogens is 260 g/mol. The number of nitrogens with zero attached hydrogens (tertiary/aromatic N) is 2. The minimum atomic E-state index is -0.635. The highest BCUT2D eigenvalue weighted by Gasteiger charge is 2.23. The van der Waals surface area contributed by atoms with Crippen molar-refractivity contribution in [3.63, 3.8) is 0 Å². The average molecular weight is 286 g/mol. The van der Waals surface area contributed by atoms with E-state index in [-0.39, 0.29) is 5.91 Å². The molecule has 7 heteroatoms. The summed E-state index contributed by atoms with van der Waals surface area (Å²) in [5.41, 5.74) is 2.23. The van der Waals surface area contributed by atoms with E-state index < -0.39 is 17.7 Å². The van der Waals surface area contributed by atoms with Crippen LogP contribution in [-0.2, 0) is 9.53 Å². The van der Waals surface area contributed by atoms with Crippen molar-refractivity contribution in [3.8, 4) is 0 Å². The maximum atomic E-state index is 12.0. The van der Waals surface area contributed by atoms with Gasteiger partial charge < -0.3 is 15.0 Å². The Hall–Kier alpha value is -1.34. The molecule has 0 spiro atoms. The highest BCUT2D eigenvalue weighted by atomic mass is 16.6. The molecule has 20 heavy (non-hydrogen) atoms. The second kappa shape index (κ2) is 6.90. The van der Waals surface area contributed by atoms with Crippen LogP contribution in [-0.4, -0.2) is 66.8 Å². The number of nitrogens with one attached hydrogen (secondary N) is 2. The minimum Gasteiger partial charge on any atom is -0.444 e. The minimum absolute atomic E-state index is 0.236. The number of rotatable bonds is 3. The Morgan fingerprint density at radius 2 is 1.70 bits per heavy atom. The van der Waals surface area contributed by atoms with Crippen LogP contribution in [0.2, 0.25) is 0 Å². The van der Waals surface area contributed by atoms with Gasteiger partial charge in [0.05, 0.1) is 0 Å². The first kappa shape index (κ1) is 16.7. The van der Waals surface area contributed by atoms with Crippen molar-refractivity contribution < 1.29 is 14.3 Å². The van der Waals surface area contributed by atoms with E-state index in [1.165, 1.54) is 0 Å². The molecule has 0 aromatic carbocycles. The van der Waals surface area contributed by atoms with Crippen LogP contribution in [0.5, 0.6) is 0 Å². The maximum Gasteiger partial charge on any atom is 0.408 e. The van der Waals surface area contributed by atoms with E-state index >= 15 is 0 Å². The fraction of sp³-hybridized carbons (Fsp3) is 0.846. The molecule has 0 aromatic heterocycles. The first-order valence-electron chi connectivity index (χ1n) is 6.91. The molecule has 1 aliphatic rings. The lowest BCUT2D eigenvalue weighted by Crippen LogP contribution is -2.56. The molecule has 0 aliphatic carbocycles. The summed E-state index contributed by atoms with van der Waals surface area (Å²) >= 11 is 0. The van der Waals surface area contributed by atoms with E-state index in [1.54, 1.807) is 27.7 Å². The molecule has 2 amide bonds. The highest BCUT2D eigenvalue weighted by molar-refractivity contribution is 5.84. The lowest BCUT2D eigenvalue weighted by molar-refractivity contribution is -0.128. The van der Waals surface area contributed by atoms with E-state index in [0.29, 0.717) is 0 Å². The summed E-state index contributed by atoms with van der Waals surface area (Å²) in [7, 11) is 2.05. The van der Waals surface area contributed by atoms with Crippen molar-refractivity contribution in [1.82, 2.24) is 20.7 Å². The standard InChI is InChI=1S/C13H26N4O3/c1-10(14-12(19)20-13(2,3)4)11(18)15-17-8-6-16(5)7-9-17/h10H,6-9H2,1-5H3,(H,14,19)(H,15,18). The number of amides is 2. The van der Waals surface area contributed by atoms with Gasteiger partial charge >= 0.3 is 6.09 Å². The molecule has 1 unspecified atom stereocenters. The molecule has 0 bridgehead atoms. The van der Waals surface area contributed by atoms with Crippen molar-refractivity contribution in [2.45, 2.75) is 39.3 Å². The summed E-state index contributed by atoms with van der Waals surface area (Å²) in [6.07, 6.45) is -0.585. The highest BCUT2D eigenvalue weighted by Crippen LogP contribution is 2.06. The van der Waals surface area contributed by atoms with Gasteiger partial charge in [-0.3, -0.25) is 10.2 Å². The molecule has 0 radical (unpaired) electrons. The SMILES string of the molecule is CC(NC(=O)OC(C)(C)C)C(=O)NN1CCN(C)CC1. The quantitative estimate of drug-likeness (QED) is 0.774. The number of ether oxygens (including phenoxy) is 1. The van der Waals surface area contributed by atoms with Crippen LogP contribution in [0, 0.1) is 0 Å². The fourth-order valence-electron chi connectivity index (χ4n) is 1.72. The van der Waals surface area contributed by atoms with Gasteiger partial charge in [0.1, 0.15) is 11.6 Å².